The van der Waals surface area contributed by atoms with Crippen LogP contribution >= 0.6 is 0 Å². The molecule has 102 valence electrons. The largest absolute Gasteiger partial charge is 0.465 e. The fourth-order valence-electron chi connectivity index (χ4n) is 1.25. The first-order valence-electron chi connectivity index (χ1n) is 5.36. The van der Waals surface area contributed by atoms with Crippen LogP contribution in [0.15, 0.2) is 18.2 Å². The predicted molar refractivity (Wildman–Crippen MR) is 59.5 cm³/mol. The number of esters is 1. The van der Waals surface area contributed by atoms with Gasteiger partial charge in [-0.1, -0.05) is 11.8 Å². The lowest BCUT2D eigenvalue weighted by atomic mass is 10.1. The summed E-state index contributed by atoms with van der Waals surface area (Å²) >= 11 is 0. The zero-order valence-corrected chi connectivity index (χ0v) is 9.97. The van der Waals surface area contributed by atoms with Gasteiger partial charge in [0.05, 0.1) is 12.2 Å². The summed E-state index contributed by atoms with van der Waals surface area (Å²) in [6.07, 6.45) is -4.93. The van der Waals surface area contributed by atoms with Gasteiger partial charge in [0.1, 0.15) is 12.2 Å². The molecule has 0 amide bonds. The second-order valence-electron chi connectivity index (χ2n) is 3.48. The number of alkyl halides is 3. The number of carbonyl (C=O) groups is 1. The maximum Gasteiger partial charge on any atom is 0.419 e. The first kappa shape index (κ1) is 15.0. The lowest BCUT2D eigenvalue weighted by Crippen LogP contribution is -2.07. The van der Waals surface area contributed by atoms with Gasteiger partial charge in [0.25, 0.3) is 0 Å². The minimum Gasteiger partial charge on any atom is -0.465 e. The molecule has 1 aromatic carbocycles. The van der Waals surface area contributed by atoms with Gasteiger partial charge >= 0.3 is 12.1 Å². The van der Waals surface area contributed by atoms with Crippen LogP contribution in [0, 0.1) is 17.7 Å². The van der Waals surface area contributed by atoms with Gasteiger partial charge in [-0.05, 0) is 25.1 Å². The Morgan fingerprint density at radius 2 is 2.05 bits per heavy atom. The molecule has 0 spiro atoms. The molecule has 0 heterocycles. The van der Waals surface area contributed by atoms with Crippen molar-refractivity contribution in [2.75, 3.05) is 6.61 Å². The molecule has 0 radical (unpaired) electrons. The first-order chi connectivity index (χ1) is 8.84. The van der Waals surface area contributed by atoms with E-state index in [0.717, 1.165) is 6.07 Å². The van der Waals surface area contributed by atoms with Crippen LogP contribution in [0.1, 0.15) is 24.5 Å². The van der Waals surface area contributed by atoms with Gasteiger partial charge in [-0.25, -0.2) is 4.39 Å². The minimum atomic E-state index is -4.74. The zero-order valence-electron chi connectivity index (χ0n) is 9.97. The van der Waals surface area contributed by atoms with E-state index < -0.39 is 23.5 Å². The Hall–Kier alpha value is -2.03. The molecule has 0 aliphatic carbocycles. The van der Waals surface area contributed by atoms with Crippen molar-refractivity contribution in [3.8, 4) is 11.8 Å². The van der Waals surface area contributed by atoms with Gasteiger partial charge < -0.3 is 4.74 Å². The van der Waals surface area contributed by atoms with Gasteiger partial charge in [0.2, 0.25) is 0 Å². The number of rotatable bonds is 2. The fourth-order valence-corrected chi connectivity index (χ4v) is 1.25. The molecular formula is C13H10F4O2. The maximum absolute atomic E-state index is 13.2. The number of ether oxygens (including phenoxy) is 1. The highest BCUT2D eigenvalue weighted by Gasteiger charge is 2.33. The smallest absolute Gasteiger partial charge is 0.419 e. The third-order valence-electron chi connectivity index (χ3n) is 2.05. The van der Waals surface area contributed by atoms with Crippen LogP contribution in [0.25, 0.3) is 0 Å². The first-order valence-corrected chi connectivity index (χ1v) is 5.36. The molecule has 0 fully saturated rings. The van der Waals surface area contributed by atoms with Crippen molar-refractivity contribution in [2.24, 2.45) is 0 Å². The normalized spacial score (nSPS) is 10.6. The molecule has 1 aromatic rings. The van der Waals surface area contributed by atoms with Crippen molar-refractivity contribution >= 4 is 5.97 Å². The van der Waals surface area contributed by atoms with E-state index in [4.69, 9.17) is 0 Å². The summed E-state index contributed by atoms with van der Waals surface area (Å²) in [4.78, 5) is 10.9. The van der Waals surface area contributed by atoms with Crippen LogP contribution in [0.2, 0.25) is 0 Å². The molecule has 0 aliphatic heterocycles. The molecule has 0 bridgehead atoms. The molecule has 0 saturated carbocycles. The van der Waals surface area contributed by atoms with E-state index >= 15 is 0 Å². The van der Waals surface area contributed by atoms with Crippen LogP contribution in [0.5, 0.6) is 0 Å². The summed E-state index contributed by atoms with van der Waals surface area (Å²) in [7, 11) is 0. The van der Waals surface area contributed by atoms with E-state index in [1.807, 2.05) is 0 Å². The summed E-state index contributed by atoms with van der Waals surface area (Å²) in [5, 5.41) is 0. The minimum absolute atomic E-state index is 0.0646. The Morgan fingerprint density at radius 3 is 2.58 bits per heavy atom. The van der Waals surface area contributed by atoms with Crippen molar-refractivity contribution in [1.29, 1.82) is 0 Å². The number of hydrogen-bond acceptors (Lipinski definition) is 2. The van der Waals surface area contributed by atoms with Crippen LogP contribution < -0.4 is 0 Å². The Morgan fingerprint density at radius 1 is 1.37 bits per heavy atom. The Bertz CT molecular complexity index is 524. The average molecular weight is 274 g/mol. The molecule has 19 heavy (non-hydrogen) atoms. The van der Waals surface area contributed by atoms with E-state index in [9.17, 15) is 22.4 Å². The lowest BCUT2D eigenvalue weighted by Gasteiger charge is -2.07. The highest BCUT2D eigenvalue weighted by molar-refractivity contribution is 5.72. The zero-order chi connectivity index (χ0) is 14.5. The topological polar surface area (TPSA) is 26.3 Å². The SMILES string of the molecule is CCOC(=O)CC#Cc1ccc(C(F)(F)F)c(F)c1. The maximum atomic E-state index is 13.2. The molecule has 0 unspecified atom stereocenters. The molecule has 1 rings (SSSR count). The van der Waals surface area contributed by atoms with E-state index in [1.54, 1.807) is 6.92 Å². The van der Waals surface area contributed by atoms with Crippen LogP contribution in [-0.2, 0) is 15.7 Å². The fraction of sp³-hybridized carbons (Fsp3) is 0.308. The predicted octanol–water partition coefficient (Wildman–Crippen LogP) is 3.15. The van der Waals surface area contributed by atoms with Gasteiger partial charge in [0, 0.05) is 5.56 Å². The highest BCUT2D eigenvalue weighted by Crippen LogP contribution is 2.31. The van der Waals surface area contributed by atoms with Crippen molar-refractivity contribution < 1.29 is 27.1 Å². The third kappa shape index (κ3) is 4.62. The lowest BCUT2D eigenvalue weighted by molar-refractivity contribution is -0.142. The molecule has 2 nitrogen and oxygen atoms in total. The number of halogens is 4. The van der Waals surface area contributed by atoms with Crippen molar-refractivity contribution in [3.63, 3.8) is 0 Å². The van der Waals surface area contributed by atoms with Crippen molar-refractivity contribution in [1.82, 2.24) is 0 Å². The van der Waals surface area contributed by atoms with Crippen LogP contribution in [0.4, 0.5) is 17.6 Å². The second kappa shape index (κ2) is 6.23. The van der Waals surface area contributed by atoms with Gasteiger partial charge in [-0.2, -0.15) is 13.2 Å². The van der Waals surface area contributed by atoms with Gasteiger partial charge in [-0.15, -0.1) is 0 Å². The molecular weight excluding hydrogens is 264 g/mol. The molecule has 0 aliphatic rings. The molecule has 0 N–H and O–H groups in total. The molecule has 0 aromatic heterocycles. The van der Waals surface area contributed by atoms with Crippen molar-refractivity contribution in [2.45, 2.75) is 19.5 Å². The van der Waals surface area contributed by atoms with E-state index in [2.05, 4.69) is 16.6 Å². The summed E-state index contributed by atoms with van der Waals surface area (Å²) < 4.78 is 54.6. The summed E-state index contributed by atoms with van der Waals surface area (Å²) in [6.45, 7) is 1.85. The second-order valence-corrected chi connectivity index (χ2v) is 3.48. The van der Waals surface area contributed by atoms with E-state index in [-0.39, 0.29) is 18.6 Å². The molecule has 0 saturated heterocycles. The highest BCUT2D eigenvalue weighted by atomic mass is 19.4. The number of hydrogen-bond donors (Lipinski definition) is 0. The molecule has 0 atom stereocenters. The monoisotopic (exact) mass is 274 g/mol. The van der Waals surface area contributed by atoms with Crippen LogP contribution in [0.3, 0.4) is 0 Å². The third-order valence-corrected chi connectivity index (χ3v) is 2.05. The van der Waals surface area contributed by atoms with E-state index in [0.29, 0.717) is 12.1 Å². The number of benzene rings is 1. The van der Waals surface area contributed by atoms with Gasteiger partial charge in [0.15, 0.2) is 0 Å². The van der Waals surface area contributed by atoms with Crippen LogP contribution in [-0.4, -0.2) is 12.6 Å². The summed E-state index contributed by atoms with van der Waals surface area (Å²) in [6, 6.07) is 2.34. The molecule has 6 heteroatoms. The van der Waals surface area contributed by atoms with Crippen molar-refractivity contribution in [3.05, 3.63) is 35.1 Å². The summed E-state index contributed by atoms with van der Waals surface area (Å²) in [5.74, 6) is 2.86. The average Bonchev–Trinajstić information content (AvgIpc) is 2.27. The number of carbonyl (C=O) groups excluding carboxylic acids is 1. The van der Waals surface area contributed by atoms with E-state index in [1.165, 1.54) is 0 Å². The Labute approximate surface area is 107 Å². The summed E-state index contributed by atoms with van der Waals surface area (Å²) in [5.41, 5.74) is -1.28. The Balaban J connectivity index is 2.80. The van der Waals surface area contributed by atoms with Gasteiger partial charge in [-0.3, -0.25) is 4.79 Å². The standard InChI is InChI=1S/C13H10F4O2/c1-2-19-12(18)5-3-4-9-6-7-10(11(14)8-9)13(15,16)17/h6-8H,2,5H2,1H3. The Kier molecular flexibility index (Phi) is 4.93. The quantitative estimate of drug-likeness (QED) is 0.470.